The van der Waals surface area contributed by atoms with E-state index in [0.717, 1.165) is 42.1 Å². The number of nitrogens with zero attached hydrogens (tertiary/aromatic N) is 1. The zero-order valence-electron chi connectivity index (χ0n) is 12.4. The highest BCUT2D eigenvalue weighted by atomic mass is 32.1. The van der Waals surface area contributed by atoms with Gasteiger partial charge in [-0.2, -0.15) is 0 Å². The largest absolute Gasteiger partial charge is 0.496 e. The molecule has 0 fully saturated rings. The van der Waals surface area contributed by atoms with Gasteiger partial charge >= 0.3 is 0 Å². The van der Waals surface area contributed by atoms with Crippen LogP contribution in [0.2, 0.25) is 0 Å². The second-order valence-corrected chi connectivity index (χ2v) is 5.75. The number of hydrogen-bond donors (Lipinski definition) is 1. The topological polar surface area (TPSA) is 34.2 Å². The Morgan fingerprint density at radius 3 is 2.85 bits per heavy atom. The Bertz CT molecular complexity index is 551. The summed E-state index contributed by atoms with van der Waals surface area (Å²) in [6, 6.07) is 6.21. The predicted octanol–water partition coefficient (Wildman–Crippen LogP) is 3.67. The zero-order chi connectivity index (χ0) is 14.4. The number of nitrogens with one attached hydrogen (secondary N) is 1. The van der Waals surface area contributed by atoms with Crippen molar-refractivity contribution in [1.82, 2.24) is 10.3 Å². The Balaban J connectivity index is 2.03. The van der Waals surface area contributed by atoms with Crippen LogP contribution in [0.15, 0.2) is 23.6 Å². The van der Waals surface area contributed by atoms with Crippen LogP contribution in [0.25, 0.3) is 11.3 Å². The van der Waals surface area contributed by atoms with E-state index in [1.54, 1.807) is 18.4 Å². The molecule has 3 nitrogen and oxygen atoms in total. The van der Waals surface area contributed by atoms with Crippen molar-refractivity contribution in [3.8, 4) is 17.0 Å². The molecule has 0 aliphatic carbocycles. The van der Waals surface area contributed by atoms with Crippen molar-refractivity contribution in [1.29, 1.82) is 0 Å². The number of ether oxygens (including phenoxy) is 1. The van der Waals surface area contributed by atoms with Gasteiger partial charge in [0, 0.05) is 23.9 Å². The van der Waals surface area contributed by atoms with Gasteiger partial charge in [0.1, 0.15) is 5.75 Å². The third-order valence-electron chi connectivity index (χ3n) is 3.18. The molecule has 0 amide bonds. The fourth-order valence-corrected chi connectivity index (χ4v) is 2.90. The minimum absolute atomic E-state index is 0.924. The Labute approximate surface area is 125 Å². The molecular formula is C16H22N2OS. The Morgan fingerprint density at radius 1 is 1.30 bits per heavy atom. The van der Waals surface area contributed by atoms with Gasteiger partial charge in [-0.3, -0.25) is 0 Å². The molecule has 0 bridgehead atoms. The van der Waals surface area contributed by atoms with E-state index in [-0.39, 0.29) is 0 Å². The predicted molar refractivity (Wildman–Crippen MR) is 85.7 cm³/mol. The third-order valence-corrected chi connectivity index (χ3v) is 4.09. The summed E-state index contributed by atoms with van der Waals surface area (Å²) in [5.74, 6) is 0.924. The molecule has 0 unspecified atom stereocenters. The molecule has 0 radical (unpaired) electrons. The molecule has 0 saturated heterocycles. The molecule has 0 spiro atoms. The van der Waals surface area contributed by atoms with Crippen LogP contribution >= 0.6 is 11.3 Å². The van der Waals surface area contributed by atoms with Gasteiger partial charge in [-0.15, -0.1) is 11.3 Å². The van der Waals surface area contributed by atoms with Crippen LogP contribution < -0.4 is 10.1 Å². The van der Waals surface area contributed by atoms with E-state index >= 15 is 0 Å². The van der Waals surface area contributed by atoms with E-state index in [1.165, 1.54) is 11.4 Å². The molecule has 2 rings (SSSR count). The summed E-state index contributed by atoms with van der Waals surface area (Å²) in [4.78, 5) is 4.71. The molecular weight excluding hydrogens is 268 g/mol. The SMILES string of the molecule is CCCNCCc1nc(-c2ccc(OC)c(C)c2)cs1. The lowest BCUT2D eigenvalue weighted by molar-refractivity contribution is 0.412. The highest BCUT2D eigenvalue weighted by Gasteiger charge is 2.06. The summed E-state index contributed by atoms with van der Waals surface area (Å²) in [5, 5.41) is 6.73. The van der Waals surface area contributed by atoms with Crippen LogP contribution in [0, 0.1) is 6.92 Å². The second kappa shape index (κ2) is 7.41. The van der Waals surface area contributed by atoms with Crippen molar-refractivity contribution in [3.63, 3.8) is 0 Å². The first-order valence-corrected chi connectivity index (χ1v) is 7.92. The summed E-state index contributed by atoms with van der Waals surface area (Å²) < 4.78 is 5.29. The number of thiazole rings is 1. The van der Waals surface area contributed by atoms with E-state index < -0.39 is 0 Å². The van der Waals surface area contributed by atoms with Gasteiger partial charge in [0.05, 0.1) is 17.8 Å². The number of rotatable bonds is 7. The van der Waals surface area contributed by atoms with Crippen LogP contribution in [0.1, 0.15) is 23.9 Å². The highest BCUT2D eigenvalue weighted by Crippen LogP contribution is 2.27. The van der Waals surface area contributed by atoms with Gasteiger partial charge < -0.3 is 10.1 Å². The van der Waals surface area contributed by atoms with Gasteiger partial charge in [-0.25, -0.2) is 4.98 Å². The average Bonchev–Trinajstić information content (AvgIpc) is 2.92. The monoisotopic (exact) mass is 290 g/mol. The minimum atomic E-state index is 0.924. The van der Waals surface area contributed by atoms with E-state index in [2.05, 4.69) is 36.7 Å². The maximum atomic E-state index is 5.29. The van der Waals surface area contributed by atoms with Gasteiger partial charge in [-0.1, -0.05) is 6.92 Å². The van der Waals surface area contributed by atoms with E-state index in [1.807, 2.05) is 6.07 Å². The normalized spacial score (nSPS) is 10.8. The van der Waals surface area contributed by atoms with Gasteiger partial charge in [-0.05, 0) is 43.7 Å². The molecule has 0 aliphatic heterocycles. The first-order chi connectivity index (χ1) is 9.74. The minimum Gasteiger partial charge on any atom is -0.496 e. The third kappa shape index (κ3) is 3.81. The van der Waals surface area contributed by atoms with Crippen LogP contribution in [0.5, 0.6) is 5.75 Å². The zero-order valence-corrected chi connectivity index (χ0v) is 13.2. The van der Waals surface area contributed by atoms with Gasteiger partial charge in [0.2, 0.25) is 0 Å². The van der Waals surface area contributed by atoms with Crippen molar-refractivity contribution >= 4 is 11.3 Å². The summed E-state index contributed by atoms with van der Waals surface area (Å²) in [5.41, 5.74) is 3.36. The molecule has 0 atom stereocenters. The van der Waals surface area contributed by atoms with Crippen molar-refractivity contribution < 1.29 is 4.74 Å². The lowest BCUT2D eigenvalue weighted by Gasteiger charge is -2.05. The molecule has 1 aromatic heterocycles. The van der Waals surface area contributed by atoms with Crippen molar-refractivity contribution in [2.75, 3.05) is 20.2 Å². The molecule has 20 heavy (non-hydrogen) atoms. The maximum absolute atomic E-state index is 5.29. The fraction of sp³-hybridized carbons (Fsp3) is 0.438. The lowest BCUT2D eigenvalue weighted by atomic mass is 10.1. The smallest absolute Gasteiger partial charge is 0.121 e. The Morgan fingerprint density at radius 2 is 2.15 bits per heavy atom. The first kappa shape index (κ1) is 15.0. The molecule has 4 heteroatoms. The van der Waals surface area contributed by atoms with E-state index in [4.69, 9.17) is 9.72 Å². The standard InChI is InChI=1S/C16H22N2OS/c1-4-8-17-9-7-16-18-14(11-20-16)13-5-6-15(19-3)12(2)10-13/h5-6,10-11,17H,4,7-9H2,1-3H3. The van der Waals surface area contributed by atoms with Gasteiger partial charge in [0.15, 0.2) is 0 Å². The van der Waals surface area contributed by atoms with Crippen molar-refractivity contribution in [3.05, 3.63) is 34.2 Å². The number of aryl methyl sites for hydroxylation is 1. The Kier molecular flexibility index (Phi) is 5.56. The highest BCUT2D eigenvalue weighted by molar-refractivity contribution is 7.09. The van der Waals surface area contributed by atoms with Crippen LogP contribution in [0.3, 0.4) is 0 Å². The maximum Gasteiger partial charge on any atom is 0.121 e. The Hall–Kier alpha value is -1.39. The molecule has 108 valence electrons. The number of methoxy groups -OCH3 is 1. The molecule has 1 N–H and O–H groups in total. The summed E-state index contributed by atoms with van der Waals surface area (Å²) >= 11 is 1.74. The van der Waals surface area contributed by atoms with Crippen molar-refractivity contribution in [2.24, 2.45) is 0 Å². The van der Waals surface area contributed by atoms with E-state index in [0.29, 0.717) is 0 Å². The fourth-order valence-electron chi connectivity index (χ4n) is 2.09. The molecule has 1 aromatic carbocycles. The van der Waals surface area contributed by atoms with E-state index in [9.17, 15) is 0 Å². The molecule has 0 saturated carbocycles. The van der Waals surface area contributed by atoms with Crippen LogP contribution in [-0.2, 0) is 6.42 Å². The van der Waals surface area contributed by atoms with Crippen LogP contribution in [-0.4, -0.2) is 25.2 Å². The number of aromatic nitrogens is 1. The summed E-state index contributed by atoms with van der Waals surface area (Å²) in [6.07, 6.45) is 2.17. The average molecular weight is 290 g/mol. The molecule has 2 aromatic rings. The lowest BCUT2D eigenvalue weighted by Crippen LogP contribution is -2.17. The molecule has 1 heterocycles. The summed E-state index contributed by atoms with van der Waals surface area (Å²) in [7, 11) is 1.70. The number of benzene rings is 1. The first-order valence-electron chi connectivity index (χ1n) is 7.04. The number of hydrogen-bond acceptors (Lipinski definition) is 4. The van der Waals surface area contributed by atoms with Crippen LogP contribution in [0.4, 0.5) is 0 Å². The quantitative estimate of drug-likeness (QED) is 0.790. The van der Waals surface area contributed by atoms with Crippen molar-refractivity contribution in [2.45, 2.75) is 26.7 Å². The summed E-state index contributed by atoms with van der Waals surface area (Å²) in [6.45, 7) is 6.32. The second-order valence-electron chi connectivity index (χ2n) is 4.81. The van der Waals surface area contributed by atoms with Gasteiger partial charge in [0.25, 0.3) is 0 Å². The molecule has 0 aliphatic rings.